The van der Waals surface area contributed by atoms with Gasteiger partial charge in [0.15, 0.2) is 36.2 Å². The number of hydrogen-bond acceptors (Lipinski definition) is 14. The summed E-state index contributed by atoms with van der Waals surface area (Å²) >= 11 is 0. The smallest absolute Gasteiger partial charge is 0.303 e. The molecule has 0 amide bonds. The van der Waals surface area contributed by atoms with Gasteiger partial charge in [-0.25, -0.2) is 0 Å². The molecule has 49 heavy (non-hydrogen) atoms. The van der Waals surface area contributed by atoms with E-state index < -0.39 is 90.7 Å². The number of carbonyl (C=O) groups is 6. The van der Waals surface area contributed by atoms with E-state index in [0.717, 1.165) is 46.1 Å². The number of hydrogen-bond donors (Lipinski definition) is 2. The predicted octanol–water partition coefficient (Wildman–Crippen LogP) is 1.89. The highest BCUT2D eigenvalue weighted by molar-refractivity contribution is 5.92. The Morgan fingerprint density at radius 3 is 2.14 bits per heavy atom. The van der Waals surface area contributed by atoms with Crippen molar-refractivity contribution in [3.05, 3.63) is 11.6 Å². The van der Waals surface area contributed by atoms with Crippen molar-refractivity contribution in [2.45, 2.75) is 129 Å². The maximum atomic E-state index is 14.1. The second kappa shape index (κ2) is 13.8. The Morgan fingerprint density at radius 1 is 0.878 bits per heavy atom. The van der Waals surface area contributed by atoms with E-state index in [2.05, 4.69) is 6.92 Å². The largest absolute Gasteiger partial charge is 0.463 e. The monoisotopic (exact) mass is 692 g/mol. The standard InChI is InChI=1S/C35H48O14/c1-17(36)44-15-26-29(46-18(2)37)30(47-19(3)38)31(48-20(4)39)32(49-26)45-16-27(42)35(43)12-10-24-23-8-7-21-13-22(40)9-11-33(21,5)28(23)25(41)14-34(24,35)6/h13,23-26,28-32,41,43H,7-12,14-16H2,1-6H3/t23-,24-,25-,26+,28+,29+,30-,31+,32?,33-,34-,35-/m0/s1. The molecule has 12 atom stereocenters. The molecule has 0 aromatic rings. The van der Waals surface area contributed by atoms with Crippen LogP contribution in [0.3, 0.4) is 0 Å². The lowest BCUT2D eigenvalue weighted by molar-refractivity contribution is -0.307. The summed E-state index contributed by atoms with van der Waals surface area (Å²) in [6.45, 7) is 7.26. The van der Waals surface area contributed by atoms with Crippen molar-refractivity contribution in [2.24, 2.45) is 28.6 Å². The minimum absolute atomic E-state index is 0.0339. The minimum Gasteiger partial charge on any atom is -0.463 e. The highest BCUT2D eigenvalue weighted by Gasteiger charge is 2.68. The van der Waals surface area contributed by atoms with Crippen LogP contribution in [0, 0.1) is 28.6 Å². The number of ether oxygens (including phenoxy) is 6. The Morgan fingerprint density at radius 2 is 1.51 bits per heavy atom. The number of esters is 4. The number of rotatable bonds is 9. The van der Waals surface area contributed by atoms with Gasteiger partial charge in [-0.15, -0.1) is 0 Å². The number of ketones is 2. The number of allylic oxidation sites excluding steroid dienone is 1. The van der Waals surface area contributed by atoms with E-state index in [0.29, 0.717) is 19.3 Å². The van der Waals surface area contributed by atoms with Crippen LogP contribution in [0.5, 0.6) is 0 Å². The van der Waals surface area contributed by atoms with Gasteiger partial charge in [0, 0.05) is 39.5 Å². The average Bonchev–Trinajstić information content (AvgIpc) is 3.27. The number of Topliss-reactive ketones (excluding diaryl/α,β-unsaturated/α-hetero) is 1. The van der Waals surface area contributed by atoms with Crippen LogP contribution in [0.2, 0.25) is 0 Å². The Balaban J connectivity index is 1.38. The molecule has 5 rings (SSSR count). The summed E-state index contributed by atoms with van der Waals surface area (Å²) in [6.07, 6.45) is -2.84. The molecule has 0 spiro atoms. The predicted molar refractivity (Wildman–Crippen MR) is 166 cm³/mol. The summed E-state index contributed by atoms with van der Waals surface area (Å²) in [5, 5.41) is 23.9. The van der Waals surface area contributed by atoms with Gasteiger partial charge in [-0.05, 0) is 67.8 Å². The molecule has 0 aromatic carbocycles. The first-order valence-electron chi connectivity index (χ1n) is 17.0. The zero-order valence-electron chi connectivity index (χ0n) is 28.9. The van der Waals surface area contributed by atoms with Gasteiger partial charge in [0.25, 0.3) is 0 Å². The second-order valence-electron chi connectivity index (χ2n) is 14.8. The summed E-state index contributed by atoms with van der Waals surface area (Å²) in [5.41, 5.74) is -2.12. The first-order valence-corrected chi connectivity index (χ1v) is 17.0. The highest BCUT2D eigenvalue weighted by Crippen LogP contribution is 2.67. The maximum Gasteiger partial charge on any atom is 0.303 e. The Hall–Kier alpha value is -3.20. The molecule has 5 aliphatic rings. The lowest BCUT2D eigenvalue weighted by Gasteiger charge is -2.60. The van der Waals surface area contributed by atoms with Crippen molar-refractivity contribution in [2.75, 3.05) is 13.2 Å². The topological polar surface area (TPSA) is 198 Å². The van der Waals surface area contributed by atoms with E-state index in [1.54, 1.807) is 6.08 Å². The first-order chi connectivity index (χ1) is 22.9. The summed E-state index contributed by atoms with van der Waals surface area (Å²) in [4.78, 5) is 74.3. The van der Waals surface area contributed by atoms with Crippen LogP contribution in [0.25, 0.3) is 0 Å². The molecular formula is C35H48O14. The van der Waals surface area contributed by atoms with Gasteiger partial charge in [0.05, 0.1) is 6.10 Å². The summed E-state index contributed by atoms with van der Waals surface area (Å²) in [7, 11) is 0. The molecule has 14 heteroatoms. The van der Waals surface area contributed by atoms with Gasteiger partial charge in [0.1, 0.15) is 24.9 Å². The Kier molecular flexibility index (Phi) is 10.5. The fraction of sp³-hybridized carbons (Fsp3) is 0.771. The van der Waals surface area contributed by atoms with Gasteiger partial charge < -0.3 is 38.6 Å². The van der Waals surface area contributed by atoms with E-state index >= 15 is 0 Å². The number of aliphatic hydroxyl groups excluding tert-OH is 1. The molecule has 0 bridgehead atoms. The zero-order chi connectivity index (χ0) is 36.1. The van der Waals surface area contributed by atoms with Crippen LogP contribution in [-0.2, 0) is 57.2 Å². The minimum atomic E-state index is -1.87. The molecule has 1 heterocycles. The summed E-state index contributed by atoms with van der Waals surface area (Å²) in [6, 6.07) is 0. The molecule has 272 valence electrons. The highest BCUT2D eigenvalue weighted by atomic mass is 16.7. The SMILES string of the molecule is CC(=O)OC[C@H]1OC(OCC(=O)[C@@]2(O)CC[C@H]3[C@@H]4CCC5=CC(=O)CC[C@]5(C)[C@H]4[C@@H](O)C[C@@]32C)[C@H](OC(C)=O)[C@@H](OC(C)=O)[C@@H]1OC(C)=O. The molecule has 0 aromatic heterocycles. The quantitative estimate of drug-likeness (QED) is 0.262. The van der Waals surface area contributed by atoms with E-state index in [9.17, 15) is 39.0 Å². The molecule has 14 nitrogen and oxygen atoms in total. The van der Waals surface area contributed by atoms with Crippen molar-refractivity contribution >= 4 is 35.4 Å². The molecule has 0 radical (unpaired) electrons. The van der Waals surface area contributed by atoms with Gasteiger partial charge >= 0.3 is 23.9 Å². The fourth-order valence-corrected chi connectivity index (χ4v) is 9.75. The second-order valence-corrected chi connectivity index (χ2v) is 14.8. The molecule has 1 aliphatic heterocycles. The third kappa shape index (κ3) is 6.81. The number of aliphatic hydroxyl groups is 2. The molecule has 2 N–H and O–H groups in total. The summed E-state index contributed by atoms with van der Waals surface area (Å²) in [5.74, 6) is -3.79. The Labute approximate surface area is 285 Å². The maximum absolute atomic E-state index is 14.1. The fourth-order valence-electron chi connectivity index (χ4n) is 9.75. The van der Waals surface area contributed by atoms with E-state index in [1.165, 1.54) is 0 Å². The zero-order valence-corrected chi connectivity index (χ0v) is 28.9. The number of carbonyl (C=O) groups excluding carboxylic acids is 6. The van der Waals surface area contributed by atoms with Crippen molar-refractivity contribution in [1.82, 2.24) is 0 Å². The molecule has 1 unspecified atom stereocenters. The van der Waals surface area contributed by atoms with Crippen molar-refractivity contribution in [3.8, 4) is 0 Å². The van der Waals surface area contributed by atoms with Crippen molar-refractivity contribution < 1.29 is 67.4 Å². The molecule has 1 saturated heterocycles. The van der Waals surface area contributed by atoms with Crippen LogP contribution in [0.15, 0.2) is 11.6 Å². The van der Waals surface area contributed by atoms with Crippen molar-refractivity contribution in [1.29, 1.82) is 0 Å². The first kappa shape index (κ1) is 37.1. The van der Waals surface area contributed by atoms with Crippen molar-refractivity contribution in [3.63, 3.8) is 0 Å². The van der Waals surface area contributed by atoms with Gasteiger partial charge in [-0.2, -0.15) is 0 Å². The number of fused-ring (bicyclic) bond motifs is 5. The molecule has 3 saturated carbocycles. The van der Waals surface area contributed by atoms with Gasteiger partial charge in [-0.1, -0.05) is 19.4 Å². The summed E-state index contributed by atoms with van der Waals surface area (Å²) < 4.78 is 33.2. The van der Waals surface area contributed by atoms with Crippen LogP contribution >= 0.6 is 0 Å². The average molecular weight is 693 g/mol. The normalized spacial score (nSPS) is 41.3. The molecular weight excluding hydrogens is 644 g/mol. The van der Waals surface area contributed by atoms with Crippen LogP contribution < -0.4 is 0 Å². The van der Waals surface area contributed by atoms with Gasteiger partial charge in [0.2, 0.25) is 0 Å². The lowest BCUT2D eigenvalue weighted by Crippen LogP contribution is -2.64. The van der Waals surface area contributed by atoms with E-state index in [4.69, 9.17) is 28.4 Å². The van der Waals surface area contributed by atoms with Crippen LogP contribution in [0.4, 0.5) is 0 Å². The third-order valence-corrected chi connectivity index (χ3v) is 11.8. The van der Waals surface area contributed by atoms with E-state index in [-0.39, 0.29) is 41.8 Å². The lowest BCUT2D eigenvalue weighted by atomic mass is 9.45. The van der Waals surface area contributed by atoms with E-state index in [1.807, 2.05) is 6.92 Å². The van der Waals surface area contributed by atoms with Crippen LogP contribution in [-0.4, -0.2) is 101 Å². The van der Waals surface area contributed by atoms with Gasteiger partial charge in [-0.3, -0.25) is 28.8 Å². The molecule has 4 aliphatic carbocycles. The molecule has 4 fully saturated rings. The Bertz CT molecular complexity index is 1410. The third-order valence-electron chi connectivity index (χ3n) is 11.8. The van der Waals surface area contributed by atoms with Crippen LogP contribution in [0.1, 0.15) is 86.5 Å².